The van der Waals surface area contributed by atoms with Crippen molar-refractivity contribution in [1.29, 1.82) is 0 Å². The lowest BCUT2D eigenvalue weighted by molar-refractivity contribution is 0.0228. The zero-order valence-electron chi connectivity index (χ0n) is 14.9. The van der Waals surface area contributed by atoms with E-state index in [4.69, 9.17) is 9.84 Å². The number of hydrogen-bond donors (Lipinski definition) is 0. The minimum atomic E-state index is 0.840. The van der Waals surface area contributed by atoms with Crippen LogP contribution in [0.3, 0.4) is 0 Å². The maximum absolute atomic E-state index is 5.45. The van der Waals surface area contributed by atoms with Gasteiger partial charge < -0.3 is 4.74 Å². The lowest BCUT2D eigenvalue weighted by Gasteiger charge is -2.35. The molecule has 0 radical (unpaired) electrons. The normalized spacial score (nSPS) is 20.8. The highest BCUT2D eigenvalue weighted by molar-refractivity contribution is 5.57. The van der Waals surface area contributed by atoms with Crippen LogP contribution in [0.25, 0.3) is 11.3 Å². The van der Waals surface area contributed by atoms with Crippen LogP contribution in [0.4, 0.5) is 0 Å². The van der Waals surface area contributed by atoms with Gasteiger partial charge in [-0.25, -0.2) is 0 Å². The lowest BCUT2D eigenvalue weighted by Crippen LogP contribution is -2.43. The maximum Gasteiger partial charge on any atom is 0.0928 e. The van der Waals surface area contributed by atoms with Crippen LogP contribution >= 0.6 is 0 Å². The largest absolute Gasteiger partial charge is 0.379 e. The van der Waals surface area contributed by atoms with Gasteiger partial charge in [-0.1, -0.05) is 30.3 Å². The maximum atomic E-state index is 5.45. The molecule has 1 aromatic heterocycles. The number of ether oxygens (including phenoxy) is 1. The highest BCUT2D eigenvalue weighted by Gasteiger charge is 2.22. The number of morpholine rings is 1. The average molecular weight is 340 g/mol. The molecule has 3 heterocycles. The first-order valence-corrected chi connectivity index (χ1v) is 9.48. The summed E-state index contributed by atoms with van der Waals surface area (Å²) in [6, 6.07) is 12.5. The van der Waals surface area contributed by atoms with Gasteiger partial charge in [-0.15, -0.1) is 0 Å². The molecule has 25 heavy (non-hydrogen) atoms. The number of piperidine rings is 1. The molecule has 0 N–H and O–H groups in total. The van der Waals surface area contributed by atoms with Crippen LogP contribution in [-0.4, -0.2) is 65.5 Å². The van der Waals surface area contributed by atoms with Gasteiger partial charge in [0.1, 0.15) is 0 Å². The molecule has 0 saturated carbocycles. The lowest BCUT2D eigenvalue weighted by atomic mass is 9.96. The number of rotatable bonds is 5. The van der Waals surface area contributed by atoms with Gasteiger partial charge in [-0.2, -0.15) is 5.10 Å². The Morgan fingerprint density at radius 3 is 2.44 bits per heavy atom. The number of aromatic nitrogens is 2. The summed E-state index contributed by atoms with van der Waals surface area (Å²) in [5.41, 5.74) is 2.24. The minimum absolute atomic E-state index is 0.840. The van der Waals surface area contributed by atoms with Gasteiger partial charge in [0.2, 0.25) is 0 Å². The van der Waals surface area contributed by atoms with Gasteiger partial charge in [0.25, 0.3) is 0 Å². The fourth-order valence-electron chi connectivity index (χ4n) is 3.87. The monoisotopic (exact) mass is 340 g/mol. The minimum Gasteiger partial charge on any atom is -0.379 e. The number of likely N-dealkylation sites (tertiary alicyclic amines) is 1. The van der Waals surface area contributed by atoms with Crippen molar-refractivity contribution in [1.82, 2.24) is 19.6 Å². The molecule has 0 atom stereocenters. The second kappa shape index (κ2) is 8.13. The van der Waals surface area contributed by atoms with Gasteiger partial charge in [0.15, 0.2) is 0 Å². The van der Waals surface area contributed by atoms with Crippen LogP contribution in [0.5, 0.6) is 0 Å². The van der Waals surface area contributed by atoms with Crippen molar-refractivity contribution in [3.63, 3.8) is 0 Å². The molecule has 134 valence electrons. The van der Waals surface area contributed by atoms with Crippen molar-refractivity contribution in [2.24, 2.45) is 5.92 Å². The van der Waals surface area contributed by atoms with Crippen molar-refractivity contribution in [2.45, 2.75) is 19.5 Å². The molecule has 0 unspecified atom stereocenters. The summed E-state index contributed by atoms with van der Waals surface area (Å²) in [5.74, 6) is 0.840. The van der Waals surface area contributed by atoms with E-state index in [9.17, 15) is 0 Å². The zero-order valence-corrected chi connectivity index (χ0v) is 14.9. The van der Waals surface area contributed by atoms with Gasteiger partial charge in [0.05, 0.1) is 25.6 Å². The summed E-state index contributed by atoms with van der Waals surface area (Å²) in [4.78, 5) is 5.10. The predicted molar refractivity (Wildman–Crippen MR) is 99.2 cm³/mol. The molecular formula is C20H28N4O. The molecular weight excluding hydrogens is 312 g/mol. The van der Waals surface area contributed by atoms with Gasteiger partial charge in [-0.3, -0.25) is 14.5 Å². The molecule has 5 heteroatoms. The number of benzene rings is 1. The first-order chi connectivity index (χ1) is 12.4. The van der Waals surface area contributed by atoms with Crippen LogP contribution in [-0.2, 0) is 11.4 Å². The van der Waals surface area contributed by atoms with E-state index in [-0.39, 0.29) is 0 Å². The zero-order chi connectivity index (χ0) is 16.9. The van der Waals surface area contributed by atoms with Crippen LogP contribution in [0.15, 0.2) is 42.6 Å². The molecule has 4 rings (SSSR count). The summed E-state index contributed by atoms with van der Waals surface area (Å²) in [6.07, 6.45) is 4.69. The summed E-state index contributed by atoms with van der Waals surface area (Å²) >= 11 is 0. The molecule has 0 spiro atoms. The third kappa shape index (κ3) is 4.48. The Bertz CT molecular complexity index is 643. The summed E-state index contributed by atoms with van der Waals surface area (Å²) in [7, 11) is 0. The van der Waals surface area contributed by atoms with E-state index in [1.807, 2.05) is 6.07 Å². The SMILES string of the molecule is c1ccc(-c2ccn(CN3CCC(CN4CCOCC4)CC3)n2)cc1. The smallest absolute Gasteiger partial charge is 0.0928 e. The molecule has 2 aromatic rings. The van der Waals surface area contributed by atoms with Gasteiger partial charge >= 0.3 is 0 Å². The van der Waals surface area contributed by atoms with Crippen LogP contribution in [0.1, 0.15) is 12.8 Å². The van der Waals surface area contributed by atoms with E-state index in [1.165, 1.54) is 38.0 Å². The topological polar surface area (TPSA) is 33.5 Å². The van der Waals surface area contributed by atoms with Crippen molar-refractivity contribution < 1.29 is 4.74 Å². The quantitative estimate of drug-likeness (QED) is 0.838. The molecule has 2 fully saturated rings. The fourth-order valence-corrected chi connectivity index (χ4v) is 3.87. The molecule has 2 aliphatic rings. The Labute approximate surface area is 150 Å². The average Bonchev–Trinajstić information content (AvgIpc) is 3.14. The molecule has 0 aliphatic carbocycles. The summed E-state index contributed by atoms with van der Waals surface area (Å²) in [5, 5.41) is 4.74. The molecule has 2 aliphatic heterocycles. The van der Waals surface area contributed by atoms with Gasteiger partial charge in [-0.05, 0) is 24.8 Å². The Morgan fingerprint density at radius 1 is 0.920 bits per heavy atom. The predicted octanol–water partition coefficient (Wildman–Crippen LogP) is 2.55. The standard InChI is InChI=1S/C20H28N4O/c1-2-4-19(5-3-1)20-8-11-24(21-20)17-23-9-6-18(7-10-23)16-22-12-14-25-15-13-22/h1-5,8,11,18H,6-7,9-10,12-17H2. The van der Waals surface area contributed by atoms with Gasteiger partial charge in [0, 0.05) is 44.5 Å². The molecule has 5 nitrogen and oxygen atoms in total. The Balaban J connectivity index is 1.25. The van der Waals surface area contributed by atoms with Crippen molar-refractivity contribution >= 4 is 0 Å². The van der Waals surface area contributed by atoms with E-state index >= 15 is 0 Å². The third-order valence-corrected chi connectivity index (χ3v) is 5.38. The Kier molecular flexibility index (Phi) is 5.45. The summed E-state index contributed by atoms with van der Waals surface area (Å²) in [6.45, 7) is 8.52. The van der Waals surface area contributed by atoms with Crippen LogP contribution in [0, 0.1) is 5.92 Å². The van der Waals surface area contributed by atoms with Crippen LogP contribution in [0.2, 0.25) is 0 Å². The molecule has 1 aromatic carbocycles. The first kappa shape index (κ1) is 16.8. The second-order valence-electron chi connectivity index (χ2n) is 7.22. The van der Waals surface area contributed by atoms with Crippen molar-refractivity contribution in [2.75, 3.05) is 45.9 Å². The van der Waals surface area contributed by atoms with E-state index in [2.05, 4.69) is 51.0 Å². The highest BCUT2D eigenvalue weighted by atomic mass is 16.5. The van der Waals surface area contributed by atoms with Crippen molar-refractivity contribution in [3.05, 3.63) is 42.6 Å². The van der Waals surface area contributed by atoms with E-state index < -0.39 is 0 Å². The summed E-state index contributed by atoms with van der Waals surface area (Å²) < 4.78 is 7.52. The highest BCUT2D eigenvalue weighted by Crippen LogP contribution is 2.20. The number of nitrogens with zero attached hydrogens (tertiary/aromatic N) is 4. The second-order valence-corrected chi connectivity index (χ2v) is 7.22. The molecule has 2 saturated heterocycles. The van der Waals surface area contributed by atoms with Crippen LogP contribution < -0.4 is 0 Å². The fraction of sp³-hybridized carbons (Fsp3) is 0.550. The molecule has 0 amide bonds. The third-order valence-electron chi connectivity index (χ3n) is 5.38. The van der Waals surface area contributed by atoms with E-state index in [0.29, 0.717) is 0 Å². The Hall–Kier alpha value is -1.69. The van der Waals surface area contributed by atoms with Crippen molar-refractivity contribution in [3.8, 4) is 11.3 Å². The number of hydrogen-bond acceptors (Lipinski definition) is 4. The van der Waals surface area contributed by atoms with E-state index in [1.54, 1.807) is 0 Å². The Morgan fingerprint density at radius 2 is 1.68 bits per heavy atom. The molecule has 0 bridgehead atoms. The first-order valence-electron chi connectivity index (χ1n) is 9.48. The van der Waals surface area contributed by atoms with E-state index in [0.717, 1.165) is 44.6 Å².